The molecule has 0 amide bonds. The molecule has 0 radical (unpaired) electrons. The van der Waals surface area contributed by atoms with E-state index in [1.54, 1.807) is 7.61 Å². The van der Waals surface area contributed by atoms with Gasteiger partial charge in [-0.1, -0.05) is 0 Å². The van der Waals surface area contributed by atoms with Gasteiger partial charge in [-0.15, -0.1) is 0 Å². The molecule has 0 saturated heterocycles. The van der Waals surface area contributed by atoms with Crippen LogP contribution in [-0.2, 0) is 0 Å². The van der Waals surface area contributed by atoms with Crippen molar-refractivity contribution in [1.82, 2.24) is 0 Å². The summed E-state index contributed by atoms with van der Waals surface area (Å²) in [6.07, 6.45) is 2.21. The number of rotatable bonds is 3. The Bertz CT molecular complexity index is 341. The molecule has 0 aromatic rings. The van der Waals surface area contributed by atoms with Crippen LogP contribution in [0.2, 0.25) is 0 Å². The number of hydrogen-bond acceptors (Lipinski definition) is 2. The molecule has 2 aliphatic rings. The van der Waals surface area contributed by atoms with E-state index >= 15 is 0 Å². The number of thioether (sulfide) groups is 2. The Hall–Kier alpha value is 2.29. The van der Waals surface area contributed by atoms with Crippen molar-refractivity contribution in [3.8, 4) is 0 Å². The third-order valence-corrected chi connectivity index (χ3v) is 20.6. The van der Waals surface area contributed by atoms with Gasteiger partial charge in [-0.25, -0.2) is 0 Å². The van der Waals surface area contributed by atoms with Gasteiger partial charge < -0.3 is 0 Å². The Kier molecular flexibility index (Phi) is 6.42. The van der Waals surface area contributed by atoms with Gasteiger partial charge in [0, 0.05) is 0 Å². The monoisotopic (exact) mass is 522 g/mol. The minimum absolute atomic E-state index is 0.628. The summed E-state index contributed by atoms with van der Waals surface area (Å²) in [5.41, 5.74) is 0. The van der Waals surface area contributed by atoms with E-state index in [9.17, 15) is 0 Å². The summed E-state index contributed by atoms with van der Waals surface area (Å²) in [7, 11) is 0. The van der Waals surface area contributed by atoms with E-state index in [-0.39, 0.29) is 0 Å². The second-order valence-electron chi connectivity index (χ2n) is 2.32. The number of halogens is 1. The molecular weight excluding hydrogens is 512 g/mol. The predicted molar refractivity (Wildman–Crippen MR) is 78.0 cm³/mol. The van der Waals surface area contributed by atoms with Gasteiger partial charge in [0.25, 0.3) is 0 Å². The van der Waals surface area contributed by atoms with Gasteiger partial charge >= 0.3 is 131 Å². The molecule has 2 rings (SSSR count). The van der Waals surface area contributed by atoms with Crippen LogP contribution in [0, 0.1) is 0 Å². The van der Waals surface area contributed by atoms with Crippen molar-refractivity contribution < 1.29 is 0 Å². The fraction of sp³-hybridized carbons (Fsp3) is 0.250. The van der Waals surface area contributed by atoms with Crippen LogP contribution < -0.4 is 0 Å². The zero-order valence-corrected chi connectivity index (χ0v) is 16.9. The fourth-order valence-electron chi connectivity index (χ4n) is 0.922. The molecular formula is C8H7ClS2Se4. The van der Waals surface area contributed by atoms with Crippen molar-refractivity contribution in [3.63, 3.8) is 0 Å². The van der Waals surface area contributed by atoms with Crippen molar-refractivity contribution in [2.45, 2.75) is 0 Å². The van der Waals surface area contributed by atoms with Crippen LogP contribution in [0.1, 0.15) is 0 Å². The molecule has 0 fully saturated rings. The van der Waals surface area contributed by atoms with Gasteiger partial charge in [0.1, 0.15) is 0 Å². The molecule has 0 unspecified atom stereocenters. The molecule has 0 spiro atoms. The minimum atomic E-state index is 0.628. The van der Waals surface area contributed by atoms with Crippen LogP contribution in [0.25, 0.3) is 0 Å². The average Bonchev–Trinajstić information content (AvgIpc) is 2.84. The first-order valence-corrected chi connectivity index (χ1v) is 13.8. The quantitative estimate of drug-likeness (QED) is 0.413. The molecule has 0 aromatic heterocycles. The van der Waals surface area contributed by atoms with Crippen molar-refractivity contribution in [2.75, 3.05) is 11.5 Å². The van der Waals surface area contributed by atoms with E-state index in [4.69, 9.17) is 11.6 Å². The Morgan fingerprint density at radius 1 is 1.13 bits per heavy atom. The van der Waals surface area contributed by atoms with Crippen LogP contribution in [0.4, 0.5) is 0 Å². The Morgan fingerprint density at radius 3 is 2.40 bits per heavy atom. The van der Waals surface area contributed by atoms with Gasteiger partial charge in [-0.05, 0) is 0 Å². The summed E-state index contributed by atoms with van der Waals surface area (Å²) in [6.45, 7) is 0. The molecule has 0 N–H and O–H groups in total. The van der Waals surface area contributed by atoms with Gasteiger partial charge in [-0.2, -0.15) is 0 Å². The van der Waals surface area contributed by atoms with Gasteiger partial charge in [0.15, 0.2) is 0 Å². The molecule has 15 heavy (non-hydrogen) atoms. The molecule has 0 bridgehead atoms. The first kappa shape index (κ1) is 13.7. The van der Waals surface area contributed by atoms with Gasteiger partial charge in [0.2, 0.25) is 0 Å². The standard InChI is InChI=1S/C8H7ClS2Se4/c1-10-5-6(11-4-9)15-8(14-5)7-12-2-3-13-7/h2-3H,4H2,1H3. The van der Waals surface area contributed by atoms with Crippen molar-refractivity contribution in [1.29, 1.82) is 0 Å². The molecule has 7 heteroatoms. The van der Waals surface area contributed by atoms with Crippen molar-refractivity contribution >= 4 is 95.0 Å². The van der Waals surface area contributed by atoms with E-state index in [0.29, 0.717) is 65.0 Å². The summed E-state index contributed by atoms with van der Waals surface area (Å²) in [5.74, 6) is 0. The first-order chi connectivity index (χ1) is 7.35. The van der Waals surface area contributed by atoms with Crippen molar-refractivity contribution in [3.05, 3.63) is 24.3 Å². The molecule has 0 aliphatic carbocycles. The molecule has 82 valence electrons. The van der Waals surface area contributed by atoms with E-state index in [1.165, 1.54) is 0 Å². The molecule has 0 aromatic carbocycles. The van der Waals surface area contributed by atoms with Gasteiger partial charge in [0.05, 0.1) is 0 Å². The number of alkyl halides is 1. The second-order valence-corrected chi connectivity index (χ2v) is 16.6. The maximum absolute atomic E-state index is 5.83. The third-order valence-electron chi connectivity index (χ3n) is 1.48. The molecule has 2 aliphatic heterocycles. The first-order valence-electron chi connectivity index (χ1n) is 3.90. The van der Waals surface area contributed by atoms with E-state index < -0.39 is 0 Å². The van der Waals surface area contributed by atoms with Gasteiger partial charge in [-0.3, -0.25) is 0 Å². The Morgan fingerprint density at radius 2 is 1.80 bits per heavy atom. The molecule has 2 heterocycles. The number of hydrogen-bond donors (Lipinski definition) is 0. The van der Waals surface area contributed by atoms with E-state index in [1.807, 2.05) is 30.3 Å². The van der Waals surface area contributed by atoms with E-state index in [2.05, 4.69) is 16.2 Å². The SMILES string of the molecule is CSC1=C(SCCl)[Se]C(=C2[Se]C=C[Se]2)[Se]1. The topological polar surface area (TPSA) is 0 Å². The van der Waals surface area contributed by atoms with Crippen LogP contribution in [0.3, 0.4) is 0 Å². The Balaban J connectivity index is 2.10. The van der Waals surface area contributed by atoms with Crippen molar-refractivity contribution in [2.24, 2.45) is 0 Å². The van der Waals surface area contributed by atoms with Crippen LogP contribution >= 0.6 is 35.1 Å². The van der Waals surface area contributed by atoms with Crippen LogP contribution in [-0.4, -0.2) is 71.3 Å². The van der Waals surface area contributed by atoms with E-state index in [0.717, 1.165) is 0 Å². The normalized spacial score (nSPS) is 20.9. The predicted octanol–water partition coefficient (Wildman–Crippen LogP) is 1.85. The summed E-state index contributed by atoms with van der Waals surface area (Å²) in [6, 6.07) is 0. The second kappa shape index (κ2) is 7.02. The molecule has 0 atom stereocenters. The fourth-order valence-corrected chi connectivity index (χ4v) is 20.2. The molecule has 0 nitrogen and oxygen atoms in total. The molecule has 0 saturated carbocycles. The average molecular weight is 519 g/mol. The summed E-state index contributed by atoms with van der Waals surface area (Å²) >= 11 is 12.3. The summed E-state index contributed by atoms with van der Waals surface area (Å²) in [5, 5.41) is 0.717. The summed E-state index contributed by atoms with van der Waals surface area (Å²) < 4.78 is 6.92. The Labute approximate surface area is 129 Å². The summed E-state index contributed by atoms with van der Waals surface area (Å²) in [4.78, 5) is 4.79. The maximum atomic E-state index is 5.83. The van der Waals surface area contributed by atoms with Crippen LogP contribution in [0.15, 0.2) is 24.3 Å². The zero-order valence-electron chi connectivity index (χ0n) is 7.69. The zero-order chi connectivity index (χ0) is 10.7. The van der Waals surface area contributed by atoms with Crippen LogP contribution in [0.5, 0.6) is 0 Å². The third kappa shape index (κ3) is 3.62.